The first-order chi connectivity index (χ1) is 13.8. The lowest BCUT2D eigenvalue weighted by Crippen LogP contribution is -2.29. The van der Waals surface area contributed by atoms with Crippen molar-refractivity contribution in [3.05, 3.63) is 0 Å². The van der Waals surface area contributed by atoms with Crippen molar-refractivity contribution >= 4 is 19.8 Å². The highest BCUT2D eigenvalue weighted by atomic mass is 31.2. The molecule has 0 amide bonds. The van der Waals surface area contributed by atoms with Crippen LogP contribution in [-0.4, -0.2) is 41.0 Å². The van der Waals surface area contributed by atoms with Gasteiger partial charge in [0.15, 0.2) is 6.10 Å². The average Bonchev–Trinajstić information content (AvgIpc) is 2.65. The monoisotopic (exact) mass is 422 g/mol. The van der Waals surface area contributed by atoms with E-state index in [0.29, 0.717) is 6.42 Å². The summed E-state index contributed by atoms with van der Waals surface area (Å²) in [6.45, 7) is 0.944. The Balaban J connectivity index is 4.59. The van der Waals surface area contributed by atoms with Crippen LogP contribution in [0.2, 0.25) is 0 Å². The number of hydrogen-bond acceptors (Lipinski definition) is 6. The molecule has 1 atom stereocenters. The van der Waals surface area contributed by atoms with E-state index >= 15 is 0 Å². The Labute approximate surface area is 170 Å². The van der Waals surface area contributed by atoms with Gasteiger partial charge in [0, 0.05) is 12.3 Å². The van der Waals surface area contributed by atoms with Crippen LogP contribution in [0, 0.1) is 47.9 Å². The fourth-order valence-electron chi connectivity index (χ4n) is 1.83. The van der Waals surface area contributed by atoms with E-state index in [2.05, 4.69) is 47.0 Å². The Morgan fingerprint density at radius 2 is 1.66 bits per heavy atom. The van der Waals surface area contributed by atoms with Crippen LogP contribution in [0.5, 0.6) is 0 Å². The first-order valence-corrected chi connectivity index (χ1v) is 10.3. The third-order valence-corrected chi connectivity index (χ3v) is 3.58. The highest BCUT2D eigenvalue weighted by Crippen LogP contribution is 2.35. The number of ether oxygens (including phenoxy) is 2. The number of phosphoric ester groups is 1. The van der Waals surface area contributed by atoms with Gasteiger partial charge in [0.05, 0.1) is 6.61 Å². The molecule has 2 N–H and O–H groups in total. The maximum atomic E-state index is 11.9. The molecule has 0 bridgehead atoms. The summed E-state index contributed by atoms with van der Waals surface area (Å²) in [7, 11) is -4.78. The second-order valence-electron chi connectivity index (χ2n) is 5.56. The third kappa shape index (κ3) is 18.4. The normalized spacial score (nSPS) is 10.6. The molecule has 0 aliphatic carbocycles. The van der Waals surface area contributed by atoms with Crippen molar-refractivity contribution < 1.29 is 37.9 Å². The highest BCUT2D eigenvalue weighted by Gasteiger charge is 2.22. The second kappa shape index (κ2) is 16.3. The van der Waals surface area contributed by atoms with Crippen molar-refractivity contribution in [2.45, 2.75) is 51.6 Å². The SMILES string of the molecule is C#CC#CC#CC#CC(=O)OC[C@H](COP(=O)(O)O)OC(=O)CCCCCCC. The van der Waals surface area contributed by atoms with Gasteiger partial charge in [-0.2, -0.15) is 0 Å². The largest absolute Gasteiger partial charge is 0.469 e. The van der Waals surface area contributed by atoms with Crippen LogP contribution >= 0.6 is 7.82 Å². The lowest BCUT2D eigenvalue weighted by atomic mass is 10.1. The average molecular weight is 422 g/mol. The molecule has 8 nitrogen and oxygen atoms in total. The lowest BCUT2D eigenvalue weighted by molar-refractivity contribution is -0.158. The molecule has 0 radical (unpaired) electrons. The van der Waals surface area contributed by atoms with E-state index in [-0.39, 0.29) is 6.42 Å². The Hall–Kier alpha value is -2.71. The summed E-state index contributed by atoms with van der Waals surface area (Å²) >= 11 is 0. The van der Waals surface area contributed by atoms with Crippen LogP contribution in [0.25, 0.3) is 0 Å². The zero-order chi connectivity index (χ0) is 22.0. The summed E-state index contributed by atoms with van der Waals surface area (Å²) in [5.74, 6) is 13.8. The van der Waals surface area contributed by atoms with Crippen molar-refractivity contribution in [3.8, 4) is 47.9 Å². The van der Waals surface area contributed by atoms with Crippen molar-refractivity contribution in [2.24, 2.45) is 0 Å². The molecule has 0 saturated carbocycles. The van der Waals surface area contributed by atoms with Crippen molar-refractivity contribution in [2.75, 3.05) is 13.2 Å². The minimum absolute atomic E-state index is 0.137. The van der Waals surface area contributed by atoms with Gasteiger partial charge < -0.3 is 19.3 Å². The first-order valence-electron chi connectivity index (χ1n) is 8.81. The summed E-state index contributed by atoms with van der Waals surface area (Å²) in [6.07, 6.45) is 8.48. The van der Waals surface area contributed by atoms with E-state index < -0.39 is 39.1 Å². The summed E-state index contributed by atoms with van der Waals surface area (Å²) in [5.41, 5.74) is 0. The predicted octanol–water partition coefficient (Wildman–Crippen LogP) is 1.55. The molecule has 9 heteroatoms. The van der Waals surface area contributed by atoms with E-state index in [1.54, 1.807) is 0 Å². The molecule has 0 rings (SSSR count). The minimum atomic E-state index is -4.78. The van der Waals surface area contributed by atoms with E-state index in [1.165, 1.54) is 0 Å². The Kier molecular flexibility index (Phi) is 14.7. The molecule has 156 valence electrons. The number of esters is 2. The fraction of sp³-hybridized carbons (Fsp3) is 0.500. The number of terminal acetylenes is 1. The molecule has 0 fully saturated rings. The molecule has 0 unspecified atom stereocenters. The second-order valence-corrected chi connectivity index (χ2v) is 6.79. The molecule has 29 heavy (non-hydrogen) atoms. The van der Waals surface area contributed by atoms with Crippen LogP contribution in [0.15, 0.2) is 0 Å². The zero-order valence-electron chi connectivity index (χ0n) is 16.1. The minimum Gasteiger partial charge on any atom is -0.456 e. The van der Waals surface area contributed by atoms with Crippen LogP contribution in [-0.2, 0) is 28.2 Å². The number of carbonyl (C=O) groups is 2. The molecule has 0 aromatic rings. The van der Waals surface area contributed by atoms with E-state index in [9.17, 15) is 14.2 Å². The van der Waals surface area contributed by atoms with Gasteiger partial charge in [-0.15, -0.1) is 6.42 Å². The number of carbonyl (C=O) groups excluding carboxylic acids is 2. The van der Waals surface area contributed by atoms with E-state index in [4.69, 9.17) is 25.7 Å². The summed E-state index contributed by atoms with van der Waals surface area (Å²) < 4.78 is 25.0. The van der Waals surface area contributed by atoms with Crippen molar-refractivity contribution in [1.82, 2.24) is 0 Å². The molecular formula is C20H23O8P. The Morgan fingerprint density at radius 1 is 1.00 bits per heavy atom. The standard InChI is InChI=1S/C20H23O8P/c1-3-5-7-9-11-12-14-19(21)26-16-18(17-27-29(23,24)25)28-20(22)15-13-10-8-6-4-2/h1,18H,4,6,8,10,13,15-17H2,2H3,(H2,23,24,25)/t18-/m1/s1. The summed E-state index contributed by atoms with van der Waals surface area (Å²) in [5, 5.41) is 0. The van der Waals surface area contributed by atoms with Crippen molar-refractivity contribution in [3.63, 3.8) is 0 Å². The first kappa shape index (κ1) is 26.3. The van der Waals surface area contributed by atoms with Crippen LogP contribution in [0.3, 0.4) is 0 Å². The van der Waals surface area contributed by atoms with Gasteiger partial charge in [0.1, 0.15) is 6.61 Å². The summed E-state index contributed by atoms with van der Waals surface area (Å²) in [4.78, 5) is 41.0. The smallest absolute Gasteiger partial charge is 0.456 e. The number of hydrogen-bond donors (Lipinski definition) is 2. The van der Waals surface area contributed by atoms with E-state index in [1.807, 2.05) is 5.92 Å². The Bertz CT molecular complexity index is 801. The lowest BCUT2D eigenvalue weighted by Gasteiger charge is -2.17. The molecule has 0 spiro atoms. The molecule has 0 heterocycles. The Morgan fingerprint density at radius 3 is 2.31 bits per heavy atom. The molecule has 0 saturated heterocycles. The molecule has 0 aromatic heterocycles. The van der Waals surface area contributed by atoms with Crippen molar-refractivity contribution in [1.29, 1.82) is 0 Å². The summed E-state index contributed by atoms with van der Waals surface area (Å²) in [6, 6.07) is 0. The molecule has 0 aliphatic heterocycles. The van der Waals surface area contributed by atoms with Crippen LogP contribution < -0.4 is 0 Å². The van der Waals surface area contributed by atoms with Gasteiger partial charge in [-0.1, -0.05) is 32.6 Å². The van der Waals surface area contributed by atoms with Gasteiger partial charge in [-0.3, -0.25) is 9.32 Å². The maximum Gasteiger partial charge on any atom is 0.469 e. The number of unbranched alkanes of at least 4 members (excludes halogenated alkanes) is 4. The fourth-order valence-corrected chi connectivity index (χ4v) is 2.19. The number of phosphoric acid groups is 1. The van der Waals surface area contributed by atoms with Gasteiger partial charge in [-0.05, 0) is 41.9 Å². The number of rotatable bonds is 12. The van der Waals surface area contributed by atoms with Gasteiger partial charge in [-0.25, -0.2) is 9.36 Å². The molecule has 0 aliphatic rings. The van der Waals surface area contributed by atoms with Gasteiger partial charge >= 0.3 is 19.8 Å². The van der Waals surface area contributed by atoms with Gasteiger partial charge in [0.2, 0.25) is 0 Å². The molecule has 0 aromatic carbocycles. The van der Waals surface area contributed by atoms with Crippen LogP contribution in [0.1, 0.15) is 45.4 Å². The maximum absolute atomic E-state index is 11.9. The quantitative estimate of drug-likeness (QED) is 0.160. The van der Waals surface area contributed by atoms with Crippen LogP contribution in [0.4, 0.5) is 0 Å². The zero-order valence-corrected chi connectivity index (χ0v) is 17.0. The molecular weight excluding hydrogens is 399 g/mol. The third-order valence-electron chi connectivity index (χ3n) is 3.10. The predicted molar refractivity (Wildman–Crippen MR) is 104 cm³/mol. The topological polar surface area (TPSA) is 119 Å². The van der Waals surface area contributed by atoms with E-state index in [0.717, 1.165) is 25.7 Å². The van der Waals surface area contributed by atoms with Gasteiger partial charge in [0.25, 0.3) is 0 Å². The highest BCUT2D eigenvalue weighted by molar-refractivity contribution is 7.46.